The Morgan fingerprint density at radius 2 is 1.77 bits per heavy atom. The van der Waals surface area contributed by atoms with Gasteiger partial charge in [-0.3, -0.25) is 19.6 Å². The van der Waals surface area contributed by atoms with Crippen LogP contribution in [0.5, 0.6) is 0 Å². The van der Waals surface area contributed by atoms with Crippen molar-refractivity contribution in [2.24, 2.45) is 0 Å². The first-order valence-corrected chi connectivity index (χ1v) is 11.1. The number of halogens is 1. The molecule has 1 aliphatic heterocycles. The average molecular weight is 486 g/mol. The van der Waals surface area contributed by atoms with Gasteiger partial charge in [-0.2, -0.15) is 4.98 Å². The van der Waals surface area contributed by atoms with Crippen LogP contribution in [-0.2, 0) is 6.54 Å². The van der Waals surface area contributed by atoms with Gasteiger partial charge in [0, 0.05) is 42.5 Å². The summed E-state index contributed by atoms with van der Waals surface area (Å²) in [7, 11) is 1.61. The van der Waals surface area contributed by atoms with Crippen molar-refractivity contribution < 1.29 is 9.59 Å². The van der Waals surface area contributed by atoms with Gasteiger partial charge in [-0.15, -0.1) is 0 Å². The average Bonchev–Trinajstić information content (AvgIpc) is 2.88. The van der Waals surface area contributed by atoms with Crippen molar-refractivity contribution in [1.82, 2.24) is 15.0 Å². The highest BCUT2D eigenvalue weighted by atomic mass is 35.5. The molecule has 1 aliphatic rings. The molecule has 3 heterocycles. The number of nitrogen functional groups attached to an aromatic ring is 1. The van der Waals surface area contributed by atoms with Gasteiger partial charge in [-0.05, 0) is 53.6 Å². The maximum atomic E-state index is 13.1. The Kier molecular flexibility index (Phi) is 5.76. The van der Waals surface area contributed by atoms with E-state index in [4.69, 9.17) is 17.3 Å². The monoisotopic (exact) mass is 485 g/mol. The van der Waals surface area contributed by atoms with E-state index in [9.17, 15) is 9.59 Å². The SMILES string of the molecule is CN1C(=O)N(c2cc(NC(=O)c3ccc(-c4ccncc4)cc3)ccc2Cl)Cc2cnc(N)nc21. The van der Waals surface area contributed by atoms with Gasteiger partial charge >= 0.3 is 6.03 Å². The third-order valence-corrected chi connectivity index (χ3v) is 6.00. The number of rotatable bonds is 4. The van der Waals surface area contributed by atoms with Gasteiger partial charge in [0.1, 0.15) is 5.82 Å². The van der Waals surface area contributed by atoms with Gasteiger partial charge in [0.2, 0.25) is 5.95 Å². The van der Waals surface area contributed by atoms with Crippen molar-refractivity contribution in [3.63, 3.8) is 0 Å². The lowest BCUT2D eigenvalue weighted by molar-refractivity contribution is 0.102. The zero-order valence-corrected chi connectivity index (χ0v) is 19.4. The smallest absolute Gasteiger partial charge is 0.330 e. The van der Waals surface area contributed by atoms with Crippen molar-refractivity contribution in [3.8, 4) is 11.1 Å². The normalized spacial score (nSPS) is 12.9. The maximum absolute atomic E-state index is 13.1. The number of nitrogens with zero attached hydrogens (tertiary/aromatic N) is 5. The molecule has 2 aromatic carbocycles. The van der Waals surface area contributed by atoms with E-state index >= 15 is 0 Å². The van der Waals surface area contributed by atoms with E-state index in [2.05, 4.69) is 20.3 Å². The van der Waals surface area contributed by atoms with Gasteiger partial charge in [0.15, 0.2) is 0 Å². The van der Waals surface area contributed by atoms with Crippen LogP contribution in [0.2, 0.25) is 5.02 Å². The predicted molar refractivity (Wildman–Crippen MR) is 136 cm³/mol. The fourth-order valence-electron chi connectivity index (χ4n) is 3.87. The number of nitrogens with one attached hydrogen (secondary N) is 1. The summed E-state index contributed by atoms with van der Waals surface area (Å²) in [5.41, 5.74) is 9.85. The zero-order valence-electron chi connectivity index (χ0n) is 18.6. The lowest BCUT2D eigenvalue weighted by Crippen LogP contribution is -2.46. The van der Waals surface area contributed by atoms with Crippen LogP contribution >= 0.6 is 11.6 Å². The van der Waals surface area contributed by atoms with Crippen LogP contribution in [0, 0.1) is 0 Å². The molecule has 0 saturated carbocycles. The molecular weight excluding hydrogens is 466 g/mol. The molecule has 0 saturated heterocycles. The molecule has 10 heteroatoms. The van der Waals surface area contributed by atoms with Crippen LogP contribution in [0.1, 0.15) is 15.9 Å². The Balaban J connectivity index is 1.37. The first-order valence-electron chi connectivity index (χ1n) is 10.7. The molecule has 0 aliphatic carbocycles. The summed E-state index contributed by atoms with van der Waals surface area (Å²) in [6, 6.07) is 15.8. The minimum atomic E-state index is -0.326. The summed E-state index contributed by atoms with van der Waals surface area (Å²) >= 11 is 6.44. The fourth-order valence-corrected chi connectivity index (χ4v) is 4.09. The Bertz CT molecular complexity index is 1430. The fraction of sp³-hybridized carbons (Fsp3) is 0.0800. The zero-order chi connectivity index (χ0) is 24.5. The topological polar surface area (TPSA) is 117 Å². The first-order chi connectivity index (χ1) is 16.9. The van der Waals surface area contributed by atoms with Crippen molar-refractivity contribution in [2.45, 2.75) is 6.54 Å². The van der Waals surface area contributed by atoms with Crippen molar-refractivity contribution in [3.05, 3.63) is 89.3 Å². The number of fused-ring (bicyclic) bond motifs is 1. The molecule has 9 nitrogen and oxygen atoms in total. The first kappa shape index (κ1) is 22.3. The molecule has 35 heavy (non-hydrogen) atoms. The minimum absolute atomic E-state index is 0.0911. The van der Waals surface area contributed by atoms with Crippen molar-refractivity contribution >= 4 is 46.7 Å². The number of benzene rings is 2. The van der Waals surface area contributed by atoms with E-state index in [1.54, 1.807) is 56.0 Å². The summed E-state index contributed by atoms with van der Waals surface area (Å²) in [6.45, 7) is 0.215. The van der Waals surface area contributed by atoms with Crippen molar-refractivity contribution in [2.75, 3.05) is 27.9 Å². The number of amides is 3. The highest BCUT2D eigenvalue weighted by Gasteiger charge is 2.31. The summed E-state index contributed by atoms with van der Waals surface area (Å²) in [6.07, 6.45) is 5.03. The second-order valence-electron chi connectivity index (χ2n) is 7.94. The Morgan fingerprint density at radius 3 is 2.51 bits per heavy atom. The summed E-state index contributed by atoms with van der Waals surface area (Å²) in [4.78, 5) is 41.0. The second kappa shape index (κ2) is 9.03. The number of hydrogen-bond acceptors (Lipinski definition) is 6. The third kappa shape index (κ3) is 4.36. The number of nitrogens with two attached hydrogens (primary N) is 1. The maximum Gasteiger partial charge on any atom is 0.330 e. The predicted octanol–water partition coefficient (Wildman–Crippen LogP) is 4.60. The summed E-state index contributed by atoms with van der Waals surface area (Å²) < 4.78 is 0. The number of carbonyl (C=O) groups is 2. The summed E-state index contributed by atoms with van der Waals surface area (Å²) in [5, 5.41) is 3.24. The van der Waals surface area contributed by atoms with Crippen LogP contribution < -0.4 is 20.9 Å². The number of pyridine rings is 1. The quantitative estimate of drug-likeness (QED) is 0.436. The molecule has 0 unspecified atom stereocenters. The highest BCUT2D eigenvalue weighted by Crippen LogP contribution is 2.35. The highest BCUT2D eigenvalue weighted by molar-refractivity contribution is 6.34. The van der Waals surface area contributed by atoms with Gasteiger partial charge in [-0.1, -0.05) is 23.7 Å². The Morgan fingerprint density at radius 1 is 1.06 bits per heavy atom. The number of hydrogen-bond donors (Lipinski definition) is 2. The molecule has 5 rings (SSSR count). The van der Waals surface area contributed by atoms with Gasteiger partial charge in [0.25, 0.3) is 5.91 Å². The van der Waals surface area contributed by atoms with E-state index < -0.39 is 0 Å². The van der Waals surface area contributed by atoms with Gasteiger partial charge in [-0.25, -0.2) is 9.78 Å². The minimum Gasteiger partial charge on any atom is -0.368 e. The van der Waals surface area contributed by atoms with E-state index in [1.807, 2.05) is 24.3 Å². The van der Waals surface area contributed by atoms with Crippen LogP contribution in [0.25, 0.3) is 11.1 Å². The van der Waals surface area contributed by atoms with Gasteiger partial charge in [0.05, 0.1) is 17.3 Å². The Hall–Kier alpha value is -4.50. The van der Waals surface area contributed by atoms with E-state index in [1.165, 1.54) is 9.80 Å². The standard InChI is InChI=1S/C25H20ClN7O2/c1-32-22-18(13-29-24(27)31-22)14-33(25(32)35)21-12-19(6-7-20(21)26)30-23(34)17-4-2-15(3-5-17)16-8-10-28-11-9-16/h2-13H,14H2,1H3,(H,30,34)(H2,27,29,31). The molecule has 3 N–H and O–H groups in total. The molecule has 0 spiro atoms. The largest absolute Gasteiger partial charge is 0.368 e. The molecular formula is C25H20ClN7O2. The number of urea groups is 1. The summed E-state index contributed by atoms with van der Waals surface area (Å²) in [5.74, 6) is 0.263. The van der Waals surface area contributed by atoms with Crippen molar-refractivity contribution in [1.29, 1.82) is 0 Å². The number of carbonyl (C=O) groups excluding carboxylic acids is 2. The molecule has 0 radical (unpaired) electrons. The Labute approximate surface area is 206 Å². The molecule has 174 valence electrons. The third-order valence-electron chi connectivity index (χ3n) is 5.68. The van der Waals surface area contributed by atoms with Crippen LogP contribution in [-0.4, -0.2) is 33.9 Å². The van der Waals surface area contributed by atoms with E-state index in [0.717, 1.165) is 16.7 Å². The van der Waals surface area contributed by atoms with Crippen LogP contribution in [0.15, 0.2) is 73.2 Å². The molecule has 4 aromatic rings. The number of aromatic nitrogens is 3. The van der Waals surface area contributed by atoms with Crippen LogP contribution in [0.3, 0.4) is 0 Å². The lowest BCUT2D eigenvalue weighted by Gasteiger charge is -2.34. The number of anilines is 4. The molecule has 0 atom stereocenters. The van der Waals surface area contributed by atoms with E-state index in [0.29, 0.717) is 27.8 Å². The molecule has 2 aromatic heterocycles. The molecule has 3 amide bonds. The van der Waals surface area contributed by atoms with Crippen LogP contribution in [0.4, 0.5) is 27.9 Å². The molecule has 0 bridgehead atoms. The lowest BCUT2D eigenvalue weighted by atomic mass is 10.0. The molecule has 0 fully saturated rings. The van der Waals surface area contributed by atoms with Gasteiger partial charge < -0.3 is 11.1 Å². The second-order valence-corrected chi connectivity index (χ2v) is 8.35. The van der Waals surface area contributed by atoms with E-state index in [-0.39, 0.29) is 24.4 Å².